The number of carbonyl (C=O) groups excluding carboxylic acids is 1. The Morgan fingerprint density at radius 2 is 1.78 bits per heavy atom. The van der Waals surface area contributed by atoms with Crippen LogP contribution in [-0.4, -0.2) is 54.4 Å². The largest absolute Gasteiger partial charge is 0.416 e. The van der Waals surface area contributed by atoms with Gasteiger partial charge in [-0.3, -0.25) is 10.1 Å². The molecule has 0 aromatic heterocycles. The molecule has 0 radical (unpaired) electrons. The van der Waals surface area contributed by atoms with Gasteiger partial charge in [-0.05, 0) is 50.3 Å². The molecule has 1 amide bonds. The zero-order valence-corrected chi connectivity index (χ0v) is 19.8. The van der Waals surface area contributed by atoms with Crippen molar-refractivity contribution in [3.8, 4) is 0 Å². The molecular weight excluding hydrogens is 443 g/mol. The molecule has 2 heterocycles. The van der Waals surface area contributed by atoms with Crippen LogP contribution in [-0.2, 0) is 21.0 Å². The molecule has 0 bridgehead atoms. The predicted molar refractivity (Wildman–Crippen MR) is 115 cm³/mol. The van der Waals surface area contributed by atoms with Crippen LogP contribution in [0, 0.1) is 5.92 Å². The van der Waals surface area contributed by atoms with Gasteiger partial charge in [0.2, 0.25) is 15.9 Å². The lowest BCUT2D eigenvalue weighted by molar-refractivity contribution is -0.138. The Labute approximate surface area is 188 Å². The lowest BCUT2D eigenvalue weighted by Crippen LogP contribution is -2.61. The van der Waals surface area contributed by atoms with Gasteiger partial charge in [-0.1, -0.05) is 33.3 Å². The van der Waals surface area contributed by atoms with E-state index in [-0.39, 0.29) is 41.9 Å². The fourth-order valence-electron chi connectivity index (χ4n) is 4.69. The lowest BCUT2D eigenvalue weighted by Gasteiger charge is -2.46. The summed E-state index contributed by atoms with van der Waals surface area (Å²) in [5, 5.41) is 3.52. The summed E-state index contributed by atoms with van der Waals surface area (Å²) in [7, 11) is -4.08. The van der Waals surface area contributed by atoms with E-state index in [1.54, 1.807) is 0 Å². The number of alkyl halides is 3. The van der Waals surface area contributed by atoms with Gasteiger partial charge in [-0.15, -0.1) is 0 Å². The second kappa shape index (κ2) is 8.95. The number of sulfonamides is 1. The first-order valence-corrected chi connectivity index (χ1v) is 12.6. The maximum atomic E-state index is 13.2. The average molecular weight is 476 g/mol. The molecule has 1 aromatic rings. The number of hydrogen-bond donors (Lipinski definition) is 1. The van der Waals surface area contributed by atoms with Crippen LogP contribution in [0.4, 0.5) is 13.2 Å². The van der Waals surface area contributed by atoms with Crippen LogP contribution >= 0.6 is 0 Å². The topological polar surface area (TPSA) is 69.7 Å². The van der Waals surface area contributed by atoms with Crippen molar-refractivity contribution in [2.24, 2.45) is 5.92 Å². The van der Waals surface area contributed by atoms with Crippen LogP contribution in [0.15, 0.2) is 29.2 Å². The highest BCUT2D eigenvalue weighted by Gasteiger charge is 2.54. The molecule has 2 saturated heterocycles. The van der Waals surface area contributed by atoms with Gasteiger partial charge in [-0.25, -0.2) is 8.42 Å². The van der Waals surface area contributed by atoms with E-state index in [0.717, 1.165) is 25.0 Å². The van der Waals surface area contributed by atoms with E-state index >= 15 is 0 Å². The minimum atomic E-state index is -4.62. The molecule has 10 heteroatoms. The first kappa shape index (κ1) is 25.0. The Morgan fingerprint density at radius 1 is 1.16 bits per heavy atom. The minimum absolute atomic E-state index is 0.00400. The van der Waals surface area contributed by atoms with Crippen molar-refractivity contribution in [3.05, 3.63) is 29.8 Å². The maximum absolute atomic E-state index is 13.2. The smallest absolute Gasteiger partial charge is 0.320 e. The summed E-state index contributed by atoms with van der Waals surface area (Å²) in [5.74, 6) is 0.184. The fraction of sp³-hybridized carbons (Fsp3) is 0.682. The van der Waals surface area contributed by atoms with E-state index in [0.29, 0.717) is 18.9 Å². The molecule has 0 saturated carbocycles. The number of nitrogens with one attached hydrogen (secondary N) is 1. The number of halogens is 3. The Hall–Kier alpha value is -1.65. The third-order valence-corrected chi connectivity index (χ3v) is 8.88. The van der Waals surface area contributed by atoms with Crippen LogP contribution in [0.25, 0.3) is 0 Å². The molecule has 180 valence electrons. The number of rotatable bonds is 6. The quantitative estimate of drug-likeness (QED) is 0.679. The summed E-state index contributed by atoms with van der Waals surface area (Å²) in [5.41, 5.74) is -1.63. The normalized spacial score (nSPS) is 24.2. The van der Waals surface area contributed by atoms with Gasteiger partial charge in [0.15, 0.2) is 0 Å². The van der Waals surface area contributed by atoms with Crippen LogP contribution < -0.4 is 5.32 Å². The molecule has 6 nitrogen and oxygen atoms in total. The van der Waals surface area contributed by atoms with Crippen molar-refractivity contribution < 1.29 is 26.4 Å². The van der Waals surface area contributed by atoms with Crippen molar-refractivity contribution in [1.82, 2.24) is 14.5 Å². The lowest BCUT2D eigenvalue weighted by atomic mass is 9.95. The second-order valence-electron chi connectivity index (χ2n) is 8.93. The number of carbonyl (C=O) groups is 1. The SMILES string of the molecule is CC[C@H](C)[C@@H]1NC2(CCN(S(=O)(=O)c3cccc(C(F)(F)F)c3)CC2)N([C@@H](C)CC)C1=O. The monoisotopic (exact) mass is 475 g/mol. The summed E-state index contributed by atoms with van der Waals surface area (Å²) in [6.07, 6.45) is -2.24. The number of amides is 1. The van der Waals surface area contributed by atoms with E-state index in [1.807, 2.05) is 32.6 Å². The van der Waals surface area contributed by atoms with Crippen LogP contribution in [0.1, 0.15) is 58.9 Å². The summed E-state index contributed by atoms with van der Waals surface area (Å²) in [6.45, 7) is 8.30. The van der Waals surface area contributed by atoms with Crippen molar-refractivity contribution >= 4 is 15.9 Å². The number of benzene rings is 1. The van der Waals surface area contributed by atoms with Gasteiger partial charge >= 0.3 is 6.18 Å². The van der Waals surface area contributed by atoms with Gasteiger partial charge in [-0.2, -0.15) is 17.5 Å². The van der Waals surface area contributed by atoms with Crippen LogP contribution in [0.5, 0.6) is 0 Å². The molecule has 1 N–H and O–H groups in total. The zero-order chi connectivity index (χ0) is 23.9. The van der Waals surface area contributed by atoms with Gasteiger partial charge in [0.05, 0.1) is 22.2 Å². The third-order valence-electron chi connectivity index (χ3n) is 6.98. The van der Waals surface area contributed by atoms with E-state index in [9.17, 15) is 26.4 Å². The third kappa shape index (κ3) is 4.41. The first-order chi connectivity index (χ1) is 14.9. The molecule has 3 rings (SSSR count). The Morgan fingerprint density at radius 3 is 2.31 bits per heavy atom. The van der Waals surface area contributed by atoms with E-state index in [4.69, 9.17) is 0 Å². The number of hydrogen-bond acceptors (Lipinski definition) is 4. The standard InChI is InChI=1S/C22H32F3N3O3S/c1-5-15(3)19-20(29)28(16(4)6-2)21(26-19)10-12-27(13-11-21)32(30,31)18-9-7-8-17(14-18)22(23,24)25/h7-9,14-16,19,26H,5-6,10-13H2,1-4H3/t15-,16-,19-/m0/s1. The van der Waals surface area contributed by atoms with Crippen LogP contribution in [0.2, 0.25) is 0 Å². The van der Waals surface area contributed by atoms with Gasteiger partial charge in [0, 0.05) is 19.1 Å². The molecular formula is C22H32F3N3O3S. The van der Waals surface area contributed by atoms with Crippen molar-refractivity contribution in [1.29, 1.82) is 0 Å². The minimum Gasteiger partial charge on any atom is -0.320 e. The van der Waals surface area contributed by atoms with Crippen molar-refractivity contribution in [3.63, 3.8) is 0 Å². The molecule has 2 aliphatic heterocycles. The zero-order valence-electron chi connectivity index (χ0n) is 18.9. The van der Waals surface area contributed by atoms with Crippen LogP contribution in [0.3, 0.4) is 0 Å². The summed E-state index contributed by atoms with van der Waals surface area (Å²) < 4.78 is 66.6. The number of nitrogens with zero attached hydrogens (tertiary/aromatic N) is 2. The average Bonchev–Trinajstić information content (AvgIpc) is 3.04. The molecule has 0 unspecified atom stereocenters. The Kier molecular flexibility index (Phi) is 6.98. The highest BCUT2D eigenvalue weighted by Crippen LogP contribution is 2.38. The van der Waals surface area contributed by atoms with Gasteiger partial charge < -0.3 is 4.90 Å². The molecule has 3 atom stereocenters. The van der Waals surface area contributed by atoms with Crippen molar-refractivity contribution in [2.45, 2.75) is 82.2 Å². The highest BCUT2D eigenvalue weighted by molar-refractivity contribution is 7.89. The molecule has 1 aromatic carbocycles. The fourth-order valence-corrected chi connectivity index (χ4v) is 6.18. The Balaban J connectivity index is 1.84. The first-order valence-electron chi connectivity index (χ1n) is 11.2. The molecule has 2 aliphatic rings. The Bertz CT molecular complexity index is 943. The molecule has 2 fully saturated rings. The van der Waals surface area contributed by atoms with E-state index in [1.165, 1.54) is 10.4 Å². The summed E-state index contributed by atoms with van der Waals surface area (Å²) in [4.78, 5) is 14.8. The molecule has 32 heavy (non-hydrogen) atoms. The van der Waals surface area contributed by atoms with Crippen molar-refractivity contribution in [2.75, 3.05) is 13.1 Å². The van der Waals surface area contributed by atoms with E-state index < -0.39 is 27.4 Å². The summed E-state index contributed by atoms with van der Waals surface area (Å²) in [6, 6.07) is 3.52. The van der Waals surface area contributed by atoms with E-state index in [2.05, 4.69) is 5.32 Å². The highest BCUT2D eigenvalue weighted by atomic mass is 32.2. The molecule has 1 spiro atoms. The maximum Gasteiger partial charge on any atom is 0.416 e. The van der Waals surface area contributed by atoms with Gasteiger partial charge in [0.25, 0.3) is 0 Å². The molecule has 0 aliphatic carbocycles. The number of piperidine rings is 1. The van der Waals surface area contributed by atoms with Gasteiger partial charge in [0.1, 0.15) is 0 Å². The summed E-state index contributed by atoms with van der Waals surface area (Å²) >= 11 is 0. The predicted octanol–water partition coefficient (Wildman–Crippen LogP) is 3.83. The second-order valence-corrected chi connectivity index (χ2v) is 10.9.